The fraction of sp³-hybridized carbons (Fsp3) is 0. The molecule has 0 aliphatic rings. The van der Waals surface area contributed by atoms with Gasteiger partial charge in [-0.15, -0.1) is 0 Å². The van der Waals surface area contributed by atoms with Crippen LogP contribution in [0.15, 0.2) is 84.9 Å². The van der Waals surface area contributed by atoms with Gasteiger partial charge in [0.05, 0.1) is 27.2 Å². The highest BCUT2D eigenvalue weighted by Gasteiger charge is 2.12. The molecular weight excluding hydrogens is 432 g/mol. The van der Waals surface area contributed by atoms with Gasteiger partial charge in [-0.05, 0) is 41.0 Å². The van der Waals surface area contributed by atoms with Gasteiger partial charge in [-0.25, -0.2) is 0 Å². The van der Waals surface area contributed by atoms with E-state index in [1.807, 2.05) is 54.6 Å². The number of H-pyrrole nitrogens is 1. The van der Waals surface area contributed by atoms with Gasteiger partial charge >= 0.3 is 0 Å². The summed E-state index contributed by atoms with van der Waals surface area (Å²) < 4.78 is 5.79. The first-order valence-electron chi connectivity index (χ1n) is 10.1. The first-order chi connectivity index (χ1) is 16.1. The normalized spacial score (nSPS) is 10.5. The van der Waals surface area contributed by atoms with Crippen molar-refractivity contribution in [1.82, 2.24) is 9.97 Å². The van der Waals surface area contributed by atoms with Gasteiger partial charge in [-0.1, -0.05) is 66.2 Å². The molecule has 5 nitrogen and oxygen atoms in total. The maximum absolute atomic E-state index is 9.21. The van der Waals surface area contributed by atoms with Crippen molar-refractivity contribution in [1.29, 1.82) is 10.5 Å². The molecule has 0 saturated heterocycles. The topological polar surface area (TPSA) is 85.5 Å². The number of nitrogens with one attached hydrogen (secondary N) is 1. The van der Waals surface area contributed by atoms with Crippen LogP contribution < -0.4 is 4.74 Å². The summed E-state index contributed by atoms with van der Waals surface area (Å²) in [6, 6.07) is 31.1. The minimum atomic E-state index is 0.246. The second-order valence-corrected chi connectivity index (χ2v) is 7.77. The van der Waals surface area contributed by atoms with Crippen LogP contribution in [0.1, 0.15) is 11.1 Å². The van der Waals surface area contributed by atoms with Gasteiger partial charge in [0.15, 0.2) is 0 Å². The smallest absolute Gasteiger partial charge is 0.300 e. The predicted octanol–water partition coefficient (Wildman–Crippen LogP) is 7.09. The Hall–Kier alpha value is -4.58. The molecule has 0 unspecified atom stereocenters. The molecule has 5 rings (SSSR count). The van der Waals surface area contributed by atoms with Crippen LogP contribution >= 0.6 is 11.6 Å². The van der Waals surface area contributed by atoms with Crippen LogP contribution in [0.5, 0.6) is 11.8 Å². The molecule has 0 atom stereocenters. The van der Waals surface area contributed by atoms with E-state index in [1.54, 1.807) is 12.1 Å². The van der Waals surface area contributed by atoms with E-state index >= 15 is 0 Å². The summed E-state index contributed by atoms with van der Waals surface area (Å²) in [6.45, 7) is 0. The minimum absolute atomic E-state index is 0.246. The second kappa shape index (κ2) is 8.51. The monoisotopic (exact) mass is 446 g/mol. The SMILES string of the molecule is N#Cc1ccc(Oc2nc3cc(-c4ccc(-c5ccccc5)cc4)c(Cl)cc3[nH]2)cc1C#N. The van der Waals surface area contributed by atoms with Crippen molar-refractivity contribution in [3.8, 4) is 46.2 Å². The third-order valence-electron chi connectivity index (χ3n) is 5.30. The molecule has 156 valence electrons. The molecule has 6 heteroatoms. The predicted molar refractivity (Wildman–Crippen MR) is 128 cm³/mol. The number of nitriles is 2. The summed E-state index contributed by atoms with van der Waals surface area (Å²) in [4.78, 5) is 7.61. The van der Waals surface area contributed by atoms with E-state index in [-0.39, 0.29) is 11.6 Å². The summed E-state index contributed by atoms with van der Waals surface area (Å²) in [6.07, 6.45) is 0. The molecule has 0 aliphatic carbocycles. The molecule has 0 spiro atoms. The molecule has 0 aliphatic heterocycles. The lowest BCUT2D eigenvalue weighted by atomic mass is 10.00. The quantitative estimate of drug-likeness (QED) is 0.319. The number of fused-ring (bicyclic) bond motifs is 1. The number of benzene rings is 4. The number of aromatic nitrogens is 2. The molecule has 0 bridgehead atoms. The molecule has 4 aromatic carbocycles. The molecule has 1 heterocycles. The zero-order valence-electron chi connectivity index (χ0n) is 17.2. The zero-order valence-corrected chi connectivity index (χ0v) is 18.0. The average molecular weight is 447 g/mol. The molecule has 0 amide bonds. The van der Waals surface area contributed by atoms with Crippen LogP contribution in [0, 0.1) is 22.7 Å². The van der Waals surface area contributed by atoms with Gasteiger partial charge in [0.25, 0.3) is 6.01 Å². The lowest BCUT2D eigenvalue weighted by Gasteiger charge is -2.07. The van der Waals surface area contributed by atoms with Crippen molar-refractivity contribution in [3.63, 3.8) is 0 Å². The highest BCUT2D eigenvalue weighted by molar-refractivity contribution is 6.34. The van der Waals surface area contributed by atoms with Crippen molar-refractivity contribution < 1.29 is 4.74 Å². The largest absolute Gasteiger partial charge is 0.426 e. The molecule has 33 heavy (non-hydrogen) atoms. The van der Waals surface area contributed by atoms with E-state index in [1.165, 1.54) is 6.07 Å². The van der Waals surface area contributed by atoms with E-state index in [9.17, 15) is 5.26 Å². The van der Waals surface area contributed by atoms with Crippen LogP contribution in [0.4, 0.5) is 0 Å². The summed E-state index contributed by atoms with van der Waals surface area (Å²) in [7, 11) is 0. The Morgan fingerprint density at radius 3 is 2.18 bits per heavy atom. The van der Waals surface area contributed by atoms with Crippen molar-refractivity contribution in [2.45, 2.75) is 0 Å². The van der Waals surface area contributed by atoms with Gasteiger partial charge in [0.2, 0.25) is 0 Å². The number of ether oxygens (including phenoxy) is 1. The van der Waals surface area contributed by atoms with Gasteiger partial charge in [0, 0.05) is 11.6 Å². The maximum Gasteiger partial charge on any atom is 0.300 e. The molecule has 1 N–H and O–H groups in total. The summed E-state index contributed by atoms with van der Waals surface area (Å²) in [5, 5.41) is 18.9. The Morgan fingerprint density at radius 2 is 1.45 bits per heavy atom. The number of hydrogen-bond donors (Lipinski definition) is 1. The van der Waals surface area contributed by atoms with E-state index in [4.69, 9.17) is 21.6 Å². The lowest BCUT2D eigenvalue weighted by molar-refractivity contribution is 0.449. The van der Waals surface area contributed by atoms with E-state index in [0.29, 0.717) is 21.9 Å². The Bertz CT molecular complexity index is 1560. The van der Waals surface area contributed by atoms with Gasteiger partial charge in [0.1, 0.15) is 17.9 Å². The fourth-order valence-corrected chi connectivity index (χ4v) is 3.91. The Labute approximate surface area is 195 Å². The second-order valence-electron chi connectivity index (χ2n) is 7.37. The van der Waals surface area contributed by atoms with Crippen LogP contribution in [-0.2, 0) is 0 Å². The van der Waals surface area contributed by atoms with Gasteiger partial charge in [-0.2, -0.15) is 15.5 Å². The Balaban J connectivity index is 1.45. The number of halogens is 1. The van der Waals surface area contributed by atoms with E-state index < -0.39 is 0 Å². The number of nitrogens with zero attached hydrogens (tertiary/aromatic N) is 3. The Kier molecular flexibility index (Phi) is 5.24. The lowest BCUT2D eigenvalue weighted by Crippen LogP contribution is -1.89. The number of hydrogen-bond acceptors (Lipinski definition) is 4. The molecule has 0 saturated carbocycles. The highest BCUT2D eigenvalue weighted by Crippen LogP contribution is 2.34. The maximum atomic E-state index is 9.21. The number of imidazole rings is 1. The van der Waals surface area contributed by atoms with Crippen molar-refractivity contribution in [3.05, 3.63) is 101 Å². The molecule has 0 radical (unpaired) electrons. The van der Waals surface area contributed by atoms with Crippen LogP contribution in [0.2, 0.25) is 5.02 Å². The Morgan fingerprint density at radius 1 is 0.758 bits per heavy atom. The van der Waals surface area contributed by atoms with Crippen molar-refractivity contribution in [2.24, 2.45) is 0 Å². The summed E-state index contributed by atoms with van der Waals surface area (Å²) >= 11 is 6.58. The standard InChI is InChI=1S/C27H15ClN4O/c28-24-14-26-25(31-27(32-26)33-22-11-10-20(15-29)21(12-22)16-30)13-23(24)19-8-6-18(7-9-19)17-4-2-1-3-5-17/h1-14H,(H,31,32). The highest BCUT2D eigenvalue weighted by atomic mass is 35.5. The molecular formula is C27H15ClN4O. The van der Waals surface area contributed by atoms with E-state index in [0.717, 1.165) is 27.8 Å². The number of aromatic amines is 1. The average Bonchev–Trinajstić information content (AvgIpc) is 3.25. The first-order valence-corrected chi connectivity index (χ1v) is 10.5. The third kappa shape index (κ3) is 4.02. The van der Waals surface area contributed by atoms with Crippen LogP contribution in [0.3, 0.4) is 0 Å². The first kappa shape index (κ1) is 20.3. The fourth-order valence-electron chi connectivity index (χ4n) is 3.64. The summed E-state index contributed by atoms with van der Waals surface area (Å²) in [5.74, 6) is 0.410. The van der Waals surface area contributed by atoms with E-state index in [2.05, 4.69) is 34.2 Å². The van der Waals surface area contributed by atoms with Crippen molar-refractivity contribution in [2.75, 3.05) is 0 Å². The summed E-state index contributed by atoms with van der Waals surface area (Å²) in [5.41, 5.74) is 6.11. The number of rotatable bonds is 4. The molecule has 1 aromatic heterocycles. The minimum Gasteiger partial charge on any atom is -0.426 e. The van der Waals surface area contributed by atoms with Gasteiger partial charge < -0.3 is 9.72 Å². The van der Waals surface area contributed by atoms with Gasteiger partial charge in [-0.3, -0.25) is 0 Å². The van der Waals surface area contributed by atoms with Crippen LogP contribution in [0.25, 0.3) is 33.3 Å². The van der Waals surface area contributed by atoms with Crippen LogP contribution in [-0.4, -0.2) is 9.97 Å². The third-order valence-corrected chi connectivity index (χ3v) is 5.61. The molecule has 0 fully saturated rings. The van der Waals surface area contributed by atoms with Crippen molar-refractivity contribution >= 4 is 22.6 Å². The zero-order chi connectivity index (χ0) is 22.8. The molecule has 5 aromatic rings.